The van der Waals surface area contributed by atoms with Crippen LogP contribution in [-0.2, 0) is 11.2 Å². The number of ether oxygens (including phenoxy) is 1. The third-order valence-corrected chi connectivity index (χ3v) is 4.22. The van der Waals surface area contributed by atoms with Crippen LogP contribution >= 0.6 is 0 Å². The molecule has 1 aliphatic carbocycles. The van der Waals surface area contributed by atoms with Gasteiger partial charge in [0.05, 0.1) is 0 Å². The Balaban J connectivity index is 2.23. The predicted molar refractivity (Wildman–Crippen MR) is 81.2 cm³/mol. The van der Waals surface area contributed by atoms with E-state index in [-0.39, 0.29) is 11.4 Å². The third-order valence-electron chi connectivity index (χ3n) is 4.22. The van der Waals surface area contributed by atoms with Gasteiger partial charge in [0.2, 0.25) is 0 Å². The van der Waals surface area contributed by atoms with Crippen LogP contribution in [0.1, 0.15) is 44.7 Å². The molecule has 0 amide bonds. The van der Waals surface area contributed by atoms with Gasteiger partial charge < -0.3 is 4.74 Å². The summed E-state index contributed by atoms with van der Waals surface area (Å²) < 4.78 is 5.35. The van der Waals surface area contributed by atoms with Crippen molar-refractivity contribution in [2.75, 3.05) is 0 Å². The molecule has 2 aromatic carbocycles. The Morgan fingerprint density at radius 2 is 1.95 bits per heavy atom. The molecule has 3 rings (SSSR count). The van der Waals surface area contributed by atoms with E-state index >= 15 is 0 Å². The van der Waals surface area contributed by atoms with Gasteiger partial charge in [0.15, 0.2) is 0 Å². The molecule has 0 N–H and O–H groups in total. The van der Waals surface area contributed by atoms with E-state index in [2.05, 4.69) is 39.0 Å². The number of hydrogen-bond donors (Lipinski definition) is 0. The molecule has 2 nitrogen and oxygen atoms in total. The Morgan fingerprint density at radius 1 is 1.20 bits per heavy atom. The van der Waals surface area contributed by atoms with Gasteiger partial charge in [0, 0.05) is 12.3 Å². The van der Waals surface area contributed by atoms with Crippen LogP contribution in [0, 0.1) is 5.41 Å². The van der Waals surface area contributed by atoms with E-state index < -0.39 is 0 Å². The molecular weight excluding hydrogens is 248 g/mol. The minimum Gasteiger partial charge on any atom is -0.426 e. The molecule has 1 unspecified atom stereocenters. The van der Waals surface area contributed by atoms with Crippen LogP contribution in [0.25, 0.3) is 10.8 Å². The number of carbonyl (C=O) groups excluding carboxylic acids is 1. The second-order valence-corrected chi connectivity index (χ2v) is 6.71. The van der Waals surface area contributed by atoms with Crippen molar-refractivity contribution in [1.29, 1.82) is 0 Å². The van der Waals surface area contributed by atoms with E-state index in [0.29, 0.717) is 11.7 Å². The molecule has 0 saturated carbocycles. The monoisotopic (exact) mass is 268 g/mol. The topological polar surface area (TPSA) is 26.3 Å². The summed E-state index contributed by atoms with van der Waals surface area (Å²) in [5.74, 6) is 0.928. The van der Waals surface area contributed by atoms with Crippen molar-refractivity contribution in [2.24, 2.45) is 5.41 Å². The first-order valence-corrected chi connectivity index (χ1v) is 7.11. The lowest BCUT2D eigenvalue weighted by atomic mass is 9.77. The second kappa shape index (κ2) is 4.34. The number of hydrogen-bond acceptors (Lipinski definition) is 2. The van der Waals surface area contributed by atoms with E-state index in [4.69, 9.17) is 4.74 Å². The summed E-state index contributed by atoms with van der Waals surface area (Å²) in [6.07, 6.45) is 1.07. The van der Waals surface area contributed by atoms with Crippen molar-refractivity contribution in [3.05, 3.63) is 41.5 Å². The van der Waals surface area contributed by atoms with E-state index in [0.717, 1.165) is 11.8 Å². The standard InChI is InChI=1S/C18H20O2/c1-11(19)20-16-9-8-13-15(18(2,3)4)10-12-6-5-7-14(16)17(12)13/h5-9,15H,10H2,1-4H3. The molecule has 0 spiro atoms. The van der Waals surface area contributed by atoms with Crippen molar-refractivity contribution in [1.82, 2.24) is 0 Å². The van der Waals surface area contributed by atoms with Gasteiger partial charge in [-0.3, -0.25) is 4.79 Å². The van der Waals surface area contributed by atoms with Gasteiger partial charge in [0.25, 0.3) is 0 Å². The van der Waals surface area contributed by atoms with Crippen molar-refractivity contribution in [3.63, 3.8) is 0 Å². The maximum atomic E-state index is 11.2. The summed E-state index contributed by atoms with van der Waals surface area (Å²) >= 11 is 0. The normalized spacial score (nSPS) is 17.5. The third kappa shape index (κ3) is 2.00. The van der Waals surface area contributed by atoms with E-state index in [1.807, 2.05) is 12.1 Å². The molecule has 0 aromatic heterocycles. The molecule has 0 saturated heterocycles. The molecule has 0 radical (unpaired) electrons. The first-order valence-electron chi connectivity index (χ1n) is 7.11. The van der Waals surface area contributed by atoms with Gasteiger partial charge in [-0.1, -0.05) is 45.0 Å². The first kappa shape index (κ1) is 13.2. The largest absolute Gasteiger partial charge is 0.426 e. The number of rotatable bonds is 1. The highest BCUT2D eigenvalue weighted by atomic mass is 16.5. The van der Waals surface area contributed by atoms with Crippen LogP contribution < -0.4 is 4.74 Å². The highest BCUT2D eigenvalue weighted by Gasteiger charge is 2.33. The van der Waals surface area contributed by atoms with E-state index in [1.165, 1.54) is 23.4 Å². The van der Waals surface area contributed by atoms with Gasteiger partial charge in [-0.05, 0) is 40.3 Å². The van der Waals surface area contributed by atoms with Crippen LogP contribution in [0.15, 0.2) is 30.3 Å². The molecule has 104 valence electrons. The fourth-order valence-electron chi connectivity index (χ4n) is 3.29. The molecule has 1 atom stereocenters. The zero-order chi connectivity index (χ0) is 14.5. The average Bonchev–Trinajstić information content (AvgIpc) is 2.73. The predicted octanol–water partition coefficient (Wildman–Crippen LogP) is 4.45. The maximum Gasteiger partial charge on any atom is 0.308 e. The van der Waals surface area contributed by atoms with Crippen LogP contribution in [-0.4, -0.2) is 5.97 Å². The number of esters is 1. The van der Waals surface area contributed by atoms with Crippen molar-refractivity contribution in [3.8, 4) is 5.75 Å². The SMILES string of the molecule is CC(=O)Oc1ccc2c3c(cccc13)CC2C(C)(C)C. The van der Waals surface area contributed by atoms with Gasteiger partial charge in [-0.2, -0.15) is 0 Å². The van der Waals surface area contributed by atoms with Gasteiger partial charge in [-0.15, -0.1) is 0 Å². The van der Waals surface area contributed by atoms with Crippen molar-refractivity contribution in [2.45, 2.75) is 40.0 Å². The smallest absolute Gasteiger partial charge is 0.308 e. The number of carbonyl (C=O) groups is 1. The fraction of sp³-hybridized carbons (Fsp3) is 0.389. The van der Waals surface area contributed by atoms with Crippen molar-refractivity contribution < 1.29 is 9.53 Å². The Bertz CT molecular complexity index is 692. The first-order chi connectivity index (χ1) is 9.38. The molecule has 20 heavy (non-hydrogen) atoms. The Hall–Kier alpha value is -1.83. The van der Waals surface area contributed by atoms with Crippen LogP contribution in [0.4, 0.5) is 0 Å². The number of benzene rings is 2. The minimum absolute atomic E-state index is 0.231. The molecule has 2 heteroatoms. The molecule has 1 aliphatic rings. The Labute approximate surface area is 119 Å². The van der Waals surface area contributed by atoms with Crippen LogP contribution in [0.2, 0.25) is 0 Å². The van der Waals surface area contributed by atoms with Gasteiger partial charge in [0.1, 0.15) is 5.75 Å². The quantitative estimate of drug-likeness (QED) is 0.564. The van der Waals surface area contributed by atoms with Crippen molar-refractivity contribution >= 4 is 16.7 Å². The van der Waals surface area contributed by atoms with Gasteiger partial charge in [-0.25, -0.2) is 0 Å². The lowest BCUT2D eigenvalue weighted by molar-refractivity contribution is -0.131. The summed E-state index contributed by atoms with van der Waals surface area (Å²) in [4.78, 5) is 11.2. The summed E-state index contributed by atoms with van der Waals surface area (Å²) in [6, 6.07) is 10.4. The fourth-order valence-corrected chi connectivity index (χ4v) is 3.29. The van der Waals surface area contributed by atoms with Crippen LogP contribution in [0.5, 0.6) is 5.75 Å². The zero-order valence-electron chi connectivity index (χ0n) is 12.5. The summed E-state index contributed by atoms with van der Waals surface area (Å²) in [7, 11) is 0. The Kier molecular flexibility index (Phi) is 2.86. The lowest BCUT2D eigenvalue weighted by Crippen LogP contribution is -2.17. The maximum absolute atomic E-state index is 11.2. The van der Waals surface area contributed by atoms with E-state index in [1.54, 1.807) is 0 Å². The highest BCUT2D eigenvalue weighted by Crippen LogP contribution is 2.48. The highest BCUT2D eigenvalue weighted by molar-refractivity contribution is 5.97. The summed E-state index contributed by atoms with van der Waals surface area (Å²) in [5, 5.41) is 2.34. The molecule has 0 bridgehead atoms. The van der Waals surface area contributed by atoms with Gasteiger partial charge >= 0.3 is 5.97 Å². The Morgan fingerprint density at radius 3 is 2.60 bits per heavy atom. The molecule has 2 aromatic rings. The molecule has 0 aliphatic heterocycles. The molecular formula is C18H20O2. The lowest BCUT2D eigenvalue weighted by Gasteiger charge is -2.28. The van der Waals surface area contributed by atoms with Crippen LogP contribution in [0.3, 0.4) is 0 Å². The molecule has 0 heterocycles. The minimum atomic E-state index is -0.268. The van der Waals surface area contributed by atoms with E-state index in [9.17, 15) is 4.79 Å². The summed E-state index contributed by atoms with van der Waals surface area (Å²) in [6.45, 7) is 8.31. The average molecular weight is 268 g/mol. The summed E-state index contributed by atoms with van der Waals surface area (Å²) in [5.41, 5.74) is 2.99. The molecule has 0 fully saturated rings. The zero-order valence-corrected chi connectivity index (χ0v) is 12.5. The second-order valence-electron chi connectivity index (χ2n) is 6.71.